The highest BCUT2D eigenvalue weighted by Crippen LogP contribution is 2.20. The zero-order valence-electron chi connectivity index (χ0n) is 9.25. The van der Waals surface area contributed by atoms with Crippen molar-refractivity contribution in [3.63, 3.8) is 0 Å². The van der Waals surface area contributed by atoms with Gasteiger partial charge < -0.3 is 10.6 Å². The predicted molar refractivity (Wildman–Crippen MR) is 64.7 cm³/mol. The number of nitrogens with zero attached hydrogens (tertiary/aromatic N) is 1. The number of anilines is 1. The largest absolute Gasteiger partial charge is 0.322 e. The van der Waals surface area contributed by atoms with Crippen LogP contribution in [-0.2, 0) is 4.79 Å². The molecular weight excluding hydrogens is 228 g/mol. The van der Waals surface area contributed by atoms with E-state index in [1.807, 2.05) is 6.92 Å². The van der Waals surface area contributed by atoms with Crippen molar-refractivity contribution in [2.24, 2.45) is 0 Å². The Labute approximate surface area is 101 Å². The summed E-state index contributed by atoms with van der Waals surface area (Å²) < 4.78 is 0. The Morgan fingerprint density at radius 1 is 1.56 bits per heavy atom. The first-order valence-corrected chi connectivity index (χ1v) is 5.26. The van der Waals surface area contributed by atoms with E-state index in [0.29, 0.717) is 5.69 Å². The van der Waals surface area contributed by atoms with Crippen LogP contribution in [0.4, 0.5) is 5.69 Å². The fourth-order valence-corrected chi connectivity index (χ4v) is 1.84. The molecule has 1 atom stereocenters. The lowest BCUT2D eigenvalue weighted by atomic mass is 9.90. The van der Waals surface area contributed by atoms with Gasteiger partial charge in [-0.05, 0) is 32.7 Å². The van der Waals surface area contributed by atoms with E-state index in [-0.39, 0.29) is 18.3 Å². The number of H-pyrrole nitrogens is 1. The highest BCUT2D eigenvalue weighted by atomic mass is 35.5. The highest BCUT2D eigenvalue weighted by molar-refractivity contribution is 5.97. The molecule has 90 valence electrons. The summed E-state index contributed by atoms with van der Waals surface area (Å²) in [5.41, 5.74) is 0.281. The predicted octanol–water partition coefficient (Wildman–Crippen LogP) is 1.30. The molecule has 1 aliphatic rings. The quantitative estimate of drug-likeness (QED) is 0.735. The summed E-state index contributed by atoms with van der Waals surface area (Å²) in [7, 11) is 0. The molecule has 5 nitrogen and oxygen atoms in total. The second kappa shape index (κ2) is 5.32. The number of hydrogen-bond donors (Lipinski definition) is 3. The third-order valence-corrected chi connectivity index (χ3v) is 2.88. The summed E-state index contributed by atoms with van der Waals surface area (Å²) in [6, 6.07) is 0. The maximum absolute atomic E-state index is 12.0. The Balaban J connectivity index is 0.00000128. The normalized spacial score (nSPS) is 24.6. The molecule has 0 spiro atoms. The molecule has 6 heteroatoms. The second-order valence-corrected chi connectivity index (χ2v) is 4.16. The van der Waals surface area contributed by atoms with E-state index in [1.165, 1.54) is 0 Å². The van der Waals surface area contributed by atoms with E-state index in [2.05, 4.69) is 20.8 Å². The van der Waals surface area contributed by atoms with Crippen LogP contribution in [0.3, 0.4) is 0 Å². The molecule has 2 rings (SSSR count). The van der Waals surface area contributed by atoms with Crippen LogP contribution in [0.5, 0.6) is 0 Å². The standard InChI is InChI=1S/C10H16N4O.ClH/c1-10(4-2-3-5-11-10)9(15)14-8-6-12-13-7-8;/h6-7,11H,2-5H2,1H3,(H,12,13)(H,14,15);1H. The molecule has 1 amide bonds. The zero-order chi connectivity index (χ0) is 10.7. The van der Waals surface area contributed by atoms with Crippen molar-refractivity contribution < 1.29 is 4.79 Å². The lowest BCUT2D eigenvalue weighted by Gasteiger charge is -2.33. The van der Waals surface area contributed by atoms with Crippen molar-refractivity contribution in [1.29, 1.82) is 0 Å². The molecule has 1 saturated heterocycles. The summed E-state index contributed by atoms with van der Waals surface area (Å²) >= 11 is 0. The van der Waals surface area contributed by atoms with E-state index in [9.17, 15) is 4.79 Å². The Bertz CT molecular complexity index is 333. The van der Waals surface area contributed by atoms with E-state index < -0.39 is 5.54 Å². The number of amides is 1. The summed E-state index contributed by atoms with van der Waals surface area (Å²) in [5, 5.41) is 12.6. The topological polar surface area (TPSA) is 69.8 Å². The number of piperidine rings is 1. The first-order chi connectivity index (χ1) is 7.21. The first kappa shape index (κ1) is 13.0. The lowest BCUT2D eigenvalue weighted by Crippen LogP contribution is -2.54. The second-order valence-electron chi connectivity index (χ2n) is 4.16. The number of nitrogens with one attached hydrogen (secondary N) is 3. The van der Waals surface area contributed by atoms with Crippen molar-refractivity contribution in [3.8, 4) is 0 Å². The van der Waals surface area contributed by atoms with E-state index >= 15 is 0 Å². The fourth-order valence-electron chi connectivity index (χ4n) is 1.84. The molecule has 0 aliphatic carbocycles. The molecule has 3 N–H and O–H groups in total. The van der Waals surface area contributed by atoms with Crippen LogP contribution in [0.2, 0.25) is 0 Å². The van der Waals surface area contributed by atoms with Crippen molar-refractivity contribution in [3.05, 3.63) is 12.4 Å². The monoisotopic (exact) mass is 244 g/mol. The maximum atomic E-state index is 12.0. The van der Waals surface area contributed by atoms with Crippen molar-refractivity contribution >= 4 is 24.0 Å². The van der Waals surface area contributed by atoms with Crippen LogP contribution in [0.15, 0.2) is 12.4 Å². The number of aromatic nitrogens is 2. The fraction of sp³-hybridized carbons (Fsp3) is 0.600. The molecule has 0 radical (unpaired) electrons. The van der Waals surface area contributed by atoms with Gasteiger partial charge in [-0.2, -0.15) is 5.10 Å². The third-order valence-electron chi connectivity index (χ3n) is 2.88. The number of rotatable bonds is 2. The minimum absolute atomic E-state index is 0. The zero-order valence-corrected chi connectivity index (χ0v) is 10.1. The van der Waals surface area contributed by atoms with Crippen LogP contribution in [-0.4, -0.2) is 28.2 Å². The molecule has 0 bridgehead atoms. The third kappa shape index (κ3) is 2.74. The van der Waals surface area contributed by atoms with Gasteiger partial charge in [-0.25, -0.2) is 0 Å². The van der Waals surface area contributed by atoms with Gasteiger partial charge >= 0.3 is 0 Å². The smallest absolute Gasteiger partial charge is 0.244 e. The number of aromatic amines is 1. The van der Waals surface area contributed by atoms with Gasteiger partial charge in [-0.1, -0.05) is 0 Å². The number of halogens is 1. The SMILES string of the molecule is CC1(C(=O)Nc2cn[nH]c2)CCCCN1.Cl. The summed E-state index contributed by atoms with van der Waals surface area (Å²) in [4.78, 5) is 12.0. The maximum Gasteiger partial charge on any atom is 0.244 e. The molecule has 1 aromatic rings. The van der Waals surface area contributed by atoms with E-state index in [4.69, 9.17) is 0 Å². The van der Waals surface area contributed by atoms with Crippen molar-refractivity contribution in [2.45, 2.75) is 31.7 Å². The summed E-state index contributed by atoms with van der Waals surface area (Å²) in [6.07, 6.45) is 6.40. The molecular formula is C10H17ClN4O. The van der Waals surface area contributed by atoms with Crippen molar-refractivity contribution in [1.82, 2.24) is 15.5 Å². The van der Waals surface area contributed by atoms with Crippen LogP contribution in [0, 0.1) is 0 Å². The molecule has 2 heterocycles. The Hall–Kier alpha value is -1.07. The molecule has 0 aromatic carbocycles. The van der Waals surface area contributed by atoms with Crippen molar-refractivity contribution in [2.75, 3.05) is 11.9 Å². The first-order valence-electron chi connectivity index (χ1n) is 5.26. The van der Waals surface area contributed by atoms with Crippen LogP contribution in [0.25, 0.3) is 0 Å². The molecule has 16 heavy (non-hydrogen) atoms. The molecule has 1 unspecified atom stereocenters. The van der Waals surface area contributed by atoms with Gasteiger partial charge in [0.15, 0.2) is 0 Å². The number of carbonyl (C=O) groups excluding carboxylic acids is 1. The average Bonchev–Trinajstić information content (AvgIpc) is 2.71. The van der Waals surface area contributed by atoms with Gasteiger partial charge in [0.1, 0.15) is 0 Å². The molecule has 1 aliphatic heterocycles. The number of hydrogen-bond acceptors (Lipinski definition) is 3. The summed E-state index contributed by atoms with van der Waals surface area (Å²) in [6.45, 7) is 2.86. The minimum atomic E-state index is -0.435. The number of carbonyl (C=O) groups is 1. The summed E-state index contributed by atoms with van der Waals surface area (Å²) in [5.74, 6) is 0.0172. The lowest BCUT2D eigenvalue weighted by molar-refractivity contribution is -0.122. The highest BCUT2D eigenvalue weighted by Gasteiger charge is 2.34. The van der Waals surface area contributed by atoms with Gasteiger partial charge in [0.05, 0.1) is 17.4 Å². The molecule has 1 fully saturated rings. The van der Waals surface area contributed by atoms with Gasteiger partial charge in [-0.3, -0.25) is 9.89 Å². The van der Waals surface area contributed by atoms with Gasteiger partial charge in [0.25, 0.3) is 0 Å². The van der Waals surface area contributed by atoms with Crippen LogP contribution >= 0.6 is 12.4 Å². The Morgan fingerprint density at radius 2 is 2.38 bits per heavy atom. The Morgan fingerprint density at radius 3 is 2.94 bits per heavy atom. The van der Waals surface area contributed by atoms with E-state index in [1.54, 1.807) is 12.4 Å². The van der Waals surface area contributed by atoms with Crippen LogP contribution < -0.4 is 10.6 Å². The average molecular weight is 245 g/mol. The van der Waals surface area contributed by atoms with Gasteiger partial charge in [0.2, 0.25) is 5.91 Å². The van der Waals surface area contributed by atoms with Gasteiger partial charge in [0, 0.05) is 6.20 Å². The minimum Gasteiger partial charge on any atom is -0.322 e. The molecule has 1 aromatic heterocycles. The molecule has 0 saturated carbocycles. The van der Waals surface area contributed by atoms with Crippen LogP contribution in [0.1, 0.15) is 26.2 Å². The Kier molecular flexibility index (Phi) is 4.32. The van der Waals surface area contributed by atoms with E-state index in [0.717, 1.165) is 25.8 Å². The van der Waals surface area contributed by atoms with Gasteiger partial charge in [-0.15, -0.1) is 12.4 Å².